The van der Waals surface area contributed by atoms with Gasteiger partial charge in [-0.25, -0.2) is 9.67 Å². The summed E-state index contributed by atoms with van der Waals surface area (Å²) < 4.78 is 53.2. The van der Waals surface area contributed by atoms with Crippen LogP contribution < -0.4 is 10.2 Å². The Morgan fingerprint density at radius 3 is 2.24 bits per heavy atom. The van der Waals surface area contributed by atoms with Crippen LogP contribution in [0.3, 0.4) is 0 Å². The highest BCUT2D eigenvalue weighted by Crippen LogP contribution is 2.27. The van der Waals surface area contributed by atoms with Crippen LogP contribution in [0.1, 0.15) is 12.5 Å². The summed E-state index contributed by atoms with van der Waals surface area (Å²) in [7, 11) is 4.79. The van der Waals surface area contributed by atoms with Gasteiger partial charge in [-0.15, -0.1) is 5.10 Å². The molecular formula is C25H30F2N4O6. The zero-order valence-electron chi connectivity index (χ0n) is 20.9. The Balaban J connectivity index is 1.33. The van der Waals surface area contributed by atoms with Crippen molar-refractivity contribution < 1.29 is 37.3 Å². The largest absolute Gasteiger partial charge is 0.435 e. The topological polar surface area (TPSA) is 98.1 Å². The second-order valence-corrected chi connectivity index (χ2v) is 8.33. The number of hydrogen-bond acceptors (Lipinski definition) is 9. The molecule has 0 amide bonds. The molecule has 1 N–H and O–H groups in total. The van der Waals surface area contributed by atoms with Crippen molar-refractivity contribution in [2.75, 3.05) is 21.3 Å². The van der Waals surface area contributed by atoms with Crippen molar-refractivity contribution in [3.63, 3.8) is 0 Å². The molecule has 5 atom stereocenters. The zero-order valence-corrected chi connectivity index (χ0v) is 20.9. The van der Waals surface area contributed by atoms with Gasteiger partial charge in [-0.1, -0.05) is 24.3 Å². The first-order valence-corrected chi connectivity index (χ1v) is 11.6. The van der Waals surface area contributed by atoms with Gasteiger partial charge in [0.15, 0.2) is 5.82 Å². The minimum atomic E-state index is -2.87. The number of nitrogens with one attached hydrogen (secondary N) is 1. The van der Waals surface area contributed by atoms with Crippen LogP contribution in [0.15, 0.2) is 54.9 Å². The standard InChI is InChI=1S/C25H30F2N4O6/c1-15-20(32-2)21(33-3)22(34-4)24(35-15)37-29-13-16-5-7-17(8-6-16)23-28-14-31(30-23)18-9-11-19(12-10-18)36-25(26)27/h5-12,14-15,20-22,24-25,29H,13H2,1-4H3. The smallest absolute Gasteiger partial charge is 0.387 e. The van der Waals surface area contributed by atoms with E-state index in [1.807, 2.05) is 31.2 Å². The van der Waals surface area contributed by atoms with Crippen molar-refractivity contribution >= 4 is 0 Å². The fraction of sp³-hybridized carbons (Fsp3) is 0.440. The van der Waals surface area contributed by atoms with Gasteiger partial charge in [0.1, 0.15) is 30.4 Å². The second kappa shape index (κ2) is 12.5. The number of hydrogen-bond donors (Lipinski definition) is 1. The van der Waals surface area contributed by atoms with E-state index >= 15 is 0 Å². The summed E-state index contributed by atoms with van der Waals surface area (Å²) in [5.41, 5.74) is 5.39. The summed E-state index contributed by atoms with van der Waals surface area (Å²) in [6.45, 7) is -0.551. The first-order chi connectivity index (χ1) is 17.9. The molecule has 0 radical (unpaired) electrons. The number of ether oxygens (including phenoxy) is 5. The van der Waals surface area contributed by atoms with E-state index in [1.165, 1.54) is 12.1 Å². The van der Waals surface area contributed by atoms with Gasteiger partial charge in [0.25, 0.3) is 0 Å². The Kier molecular flexibility index (Phi) is 9.14. The van der Waals surface area contributed by atoms with Crippen LogP contribution >= 0.6 is 0 Å². The first kappa shape index (κ1) is 27.0. The molecule has 200 valence electrons. The molecule has 2 aromatic carbocycles. The number of benzene rings is 2. The third-order valence-corrected chi connectivity index (χ3v) is 6.05. The van der Waals surface area contributed by atoms with E-state index in [0.717, 1.165) is 11.1 Å². The minimum Gasteiger partial charge on any atom is -0.435 e. The van der Waals surface area contributed by atoms with Gasteiger partial charge in [0, 0.05) is 33.4 Å². The van der Waals surface area contributed by atoms with E-state index in [4.69, 9.17) is 23.8 Å². The third kappa shape index (κ3) is 6.47. The maximum absolute atomic E-state index is 12.3. The van der Waals surface area contributed by atoms with Crippen molar-refractivity contribution in [1.82, 2.24) is 20.2 Å². The lowest BCUT2D eigenvalue weighted by molar-refractivity contribution is -0.319. The van der Waals surface area contributed by atoms with Crippen LogP contribution in [0.5, 0.6) is 5.75 Å². The Bertz CT molecular complexity index is 1120. The van der Waals surface area contributed by atoms with Crippen molar-refractivity contribution in [2.45, 2.75) is 50.8 Å². The summed E-state index contributed by atoms with van der Waals surface area (Å²) in [5, 5.41) is 4.47. The molecule has 10 nitrogen and oxygen atoms in total. The summed E-state index contributed by atoms with van der Waals surface area (Å²) in [6.07, 6.45) is -0.474. The maximum Gasteiger partial charge on any atom is 0.387 e. The molecule has 37 heavy (non-hydrogen) atoms. The Morgan fingerprint density at radius 2 is 1.62 bits per heavy atom. The van der Waals surface area contributed by atoms with Crippen LogP contribution in [0.4, 0.5) is 8.78 Å². The lowest BCUT2D eigenvalue weighted by Gasteiger charge is -2.43. The van der Waals surface area contributed by atoms with E-state index in [-0.39, 0.29) is 24.1 Å². The molecule has 1 fully saturated rings. The lowest BCUT2D eigenvalue weighted by atomic mass is 9.99. The van der Waals surface area contributed by atoms with Crippen LogP contribution in [-0.4, -0.2) is 73.4 Å². The molecule has 5 unspecified atom stereocenters. The maximum atomic E-state index is 12.3. The van der Waals surface area contributed by atoms with Gasteiger partial charge >= 0.3 is 6.61 Å². The summed E-state index contributed by atoms with van der Waals surface area (Å²) in [6, 6.07) is 13.8. The molecule has 1 aliphatic rings. The van der Waals surface area contributed by atoms with E-state index in [0.29, 0.717) is 18.1 Å². The average molecular weight is 521 g/mol. The molecule has 4 rings (SSSR count). The number of aromatic nitrogens is 3. The fourth-order valence-corrected chi connectivity index (χ4v) is 4.19. The van der Waals surface area contributed by atoms with Crippen LogP contribution in [0.25, 0.3) is 17.1 Å². The molecule has 2 heterocycles. The Labute approximate surface area is 213 Å². The molecule has 0 aliphatic carbocycles. The molecule has 1 aliphatic heterocycles. The van der Waals surface area contributed by atoms with Crippen molar-refractivity contribution in [2.24, 2.45) is 0 Å². The van der Waals surface area contributed by atoms with E-state index in [2.05, 4.69) is 20.3 Å². The molecular weight excluding hydrogens is 490 g/mol. The highest BCUT2D eigenvalue weighted by Gasteiger charge is 2.46. The summed E-state index contributed by atoms with van der Waals surface area (Å²) >= 11 is 0. The van der Waals surface area contributed by atoms with Gasteiger partial charge in [0.05, 0.1) is 11.8 Å². The monoisotopic (exact) mass is 520 g/mol. The summed E-state index contributed by atoms with van der Waals surface area (Å²) in [5.74, 6) is 0.599. The SMILES string of the molecule is COC1C(C)OC(ONCc2ccc(-c3ncn(-c4ccc(OC(F)F)cc4)n3)cc2)C(OC)C1OC. The van der Waals surface area contributed by atoms with Gasteiger partial charge in [-0.05, 0) is 36.8 Å². The number of methoxy groups -OCH3 is 3. The highest BCUT2D eigenvalue weighted by molar-refractivity contribution is 5.55. The number of nitrogens with zero attached hydrogens (tertiary/aromatic N) is 3. The van der Waals surface area contributed by atoms with Gasteiger partial charge in [-0.2, -0.15) is 14.3 Å². The highest BCUT2D eigenvalue weighted by atomic mass is 19.3. The van der Waals surface area contributed by atoms with Crippen LogP contribution in [0.2, 0.25) is 0 Å². The van der Waals surface area contributed by atoms with Gasteiger partial charge in [0.2, 0.25) is 6.29 Å². The van der Waals surface area contributed by atoms with Crippen LogP contribution in [-0.2, 0) is 30.3 Å². The average Bonchev–Trinajstić information content (AvgIpc) is 3.39. The molecule has 1 aromatic heterocycles. The minimum absolute atomic E-state index is 0.0762. The lowest BCUT2D eigenvalue weighted by Crippen LogP contribution is -2.60. The predicted octanol–water partition coefficient (Wildman–Crippen LogP) is 3.35. The number of rotatable bonds is 11. The number of alkyl halides is 2. The molecule has 0 spiro atoms. The van der Waals surface area contributed by atoms with E-state index in [9.17, 15) is 8.78 Å². The van der Waals surface area contributed by atoms with Crippen molar-refractivity contribution in [3.05, 3.63) is 60.4 Å². The normalized spacial score (nSPS) is 23.9. The molecule has 3 aromatic rings. The fourth-order valence-electron chi connectivity index (χ4n) is 4.19. The van der Waals surface area contributed by atoms with E-state index < -0.39 is 19.0 Å². The number of hydroxylamine groups is 1. The second-order valence-electron chi connectivity index (χ2n) is 8.33. The van der Waals surface area contributed by atoms with E-state index in [1.54, 1.807) is 44.5 Å². The third-order valence-electron chi connectivity index (χ3n) is 6.05. The summed E-state index contributed by atoms with van der Waals surface area (Å²) in [4.78, 5) is 10.1. The Hall–Kier alpha value is -3.00. The zero-order chi connectivity index (χ0) is 26.4. The molecule has 0 saturated carbocycles. The van der Waals surface area contributed by atoms with Crippen molar-refractivity contribution in [3.8, 4) is 22.8 Å². The molecule has 12 heteroatoms. The van der Waals surface area contributed by atoms with Gasteiger partial charge < -0.3 is 23.7 Å². The molecule has 1 saturated heterocycles. The number of halogens is 2. The first-order valence-electron chi connectivity index (χ1n) is 11.6. The quantitative estimate of drug-likeness (QED) is 0.382. The Morgan fingerprint density at radius 1 is 0.946 bits per heavy atom. The van der Waals surface area contributed by atoms with Gasteiger partial charge in [-0.3, -0.25) is 4.84 Å². The molecule has 0 bridgehead atoms. The van der Waals surface area contributed by atoms with Crippen LogP contribution in [0, 0.1) is 0 Å². The van der Waals surface area contributed by atoms with Crippen molar-refractivity contribution in [1.29, 1.82) is 0 Å². The predicted molar refractivity (Wildman–Crippen MR) is 128 cm³/mol.